The first-order valence-corrected chi connectivity index (χ1v) is 8.71. The fraction of sp³-hybridized carbons (Fsp3) is 0.556. The molecule has 0 bridgehead atoms. The molecule has 1 saturated heterocycles. The van der Waals surface area contributed by atoms with Gasteiger partial charge in [0.2, 0.25) is 0 Å². The second-order valence-corrected chi connectivity index (χ2v) is 7.64. The van der Waals surface area contributed by atoms with Crippen LogP contribution in [0.25, 0.3) is 0 Å². The molecule has 1 aliphatic rings. The summed E-state index contributed by atoms with van der Waals surface area (Å²) < 4.78 is 45.4. The molecule has 7 nitrogen and oxygen atoms in total. The summed E-state index contributed by atoms with van der Waals surface area (Å²) in [5.41, 5.74) is 3.08. The Kier molecular flexibility index (Phi) is 6.12. The molecule has 1 fully saturated rings. The fourth-order valence-corrected chi connectivity index (χ4v) is 2.90. The number of nitrogens with zero attached hydrogens (tertiary/aromatic N) is 2. The van der Waals surface area contributed by atoms with Crippen LogP contribution >= 0.6 is 0 Å². The maximum atomic E-state index is 13.4. The smallest absolute Gasteiger partial charge is 0.416 e. The molecule has 0 atom stereocenters. The van der Waals surface area contributed by atoms with Crippen LogP contribution in [0.3, 0.4) is 0 Å². The number of amides is 1. The van der Waals surface area contributed by atoms with E-state index in [0.717, 1.165) is 6.07 Å². The van der Waals surface area contributed by atoms with E-state index in [9.17, 15) is 22.8 Å². The first-order chi connectivity index (χ1) is 12.8. The first kappa shape index (κ1) is 21.8. The van der Waals surface area contributed by atoms with Crippen LogP contribution in [0, 0.1) is 0 Å². The lowest BCUT2D eigenvalue weighted by molar-refractivity contribution is -0.138. The van der Waals surface area contributed by atoms with Gasteiger partial charge in [-0.2, -0.15) is 13.2 Å². The quantitative estimate of drug-likeness (QED) is 0.753. The number of anilines is 1. The van der Waals surface area contributed by atoms with Crippen molar-refractivity contribution in [3.05, 3.63) is 28.8 Å². The molecule has 0 aromatic heterocycles. The molecule has 0 aliphatic carbocycles. The summed E-state index contributed by atoms with van der Waals surface area (Å²) in [7, 11) is 0. The summed E-state index contributed by atoms with van der Waals surface area (Å²) in [6.45, 7) is 6.56. The molecule has 3 N–H and O–H groups in total. The Morgan fingerprint density at radius 2 is 1.71 bits per heavy atom. The molecule has 0 saturated carbocycles. The van der Waals surface area contributed by atoms with E-state index in [1.165, 1.54) is 4.90 Å². The zero-order valence-electron chi connectivity index (χ0n) is 16.0. The molecular weight excluding hydrogens is 379 g/mol. The number of carbonyl (C=O) groups is 2. The van der Waals surface area contributed by atoms with Gasteiger partial charge in [-0.05, 0) is 38.5 Å². The van der Waals surface area contributed by atoms with Crippen LogP contribution in [0.5, 0.6) is 0 Å². The van der Waals surface area contributed by atoms with Crippen molar-refractivity contribution in [3.8, 4) is 0 Å². The summed E-state index contributed by atoms with van der Waals surface area (Å²) >= 11 is 0. The Labute approximate surface area is 160 Å². The van der Waals surface area contributed by atoms with E-state index in [1.807, 2.05) is 0 Å². The number of rotatable bonds is 3. The van der Waals surface area contributed by atoms with Gasteiger partial charge in [0.05, 0.1) is 11.1 Å². The molecule has 28 heavy (non-hydrogen) atoms. The van der Waals surface area contributed by atoms with Crippen LogP contribution in [-0.4, -0.2) is 58.7 Å². The number of piperazine rings is 1. The minimum absolute atomic E-state index is 0.0545. The summed E-state index contributed by atoms with van der Waals surface area (Å²) in [4.78, 5) is 26.4. The molecule has 0 spiro atoms. The van der Waals surface area contributed by atoms with Crippen molar-refractivity contribution in [2.45, 2.75) is 39.1 Å². The second kappa shape index (κ2) is 7.86. The maximum Gasteiger partial charge on any atom is 0.416 e. The lowest BCUT2D eigenvalue weighted by Gasteiger charge is -2.36. The average molecular weight is 403 g/mol. The van der Waals surface area contributed by atoms with Crippen molar-refractivity contribution >= 4 is 17.7 Å². The van der Waals surface area contributed by atoms with Gasteiger partial charge >= 0.3 is 18.2 Å². The number of benzene rings is 1. The van der Waals surface area contributed by atoms with Gasteiger partial charge in [-0.25, -0.2) is 9.59 Å². The van der Waals surface area contributed by atoms with Crippen molar-refractivity contribution < 1.29 is 32.6 Å². The van der Waals surface area contributed by atoms with E-state index in [4.69, 9.17) is 15.6 Å². The third-order valence-corrected chi connectivity index (χ3v) is 4.23. The number of aromatic carboxylic acids is 1. The SMILES string of the molecule is CC(C)(C)OC(=O)N1CCN(Cc2cc(N)c(C(=O)O)cc2C(F)(F)F)CC1. The summed E-state index contributed by atoms with van der Waals surface area (Å²) in [5, 5.41) is 9.02. The van der Waals surface area contributed by atoms with Crippen LogP contribution in [0.1, 0.15) is 42.3 Å². The molecule has 0 unspecified atom stereocenters. The van der Waals surface area contributed by atoms with E-state index in [2.05, 4.69) is 0 Å². The van der Waals surface area contributed by atoms with E-state index >= 15 is 0 Å². The highest BCUT2D eigenvalue weighted by Gasteiger charge is 2.36. The predicted octanol–water partition coefficient (Wildman–Crippen LogP) is 3.04. The number of ether oxygens (including phenoxy) is 1. The largest absolute Gasteiger partial charge is 0.478 e. The zero-order valence-corrected chi connectivity index (χ0v) is 16.0. The first-order valence-electron chi connectivity index (χ1n) is 8.71. The van der Waals surface area contributed by atoms with Crippen LogP contribution < -0.4 is 5.73 Å². The van der Waals surface area contributed by atoms with Crippen molar-refractivity contribution in [1.82, 2.24) is 9.80 Å². The number of nitrogens with two attached hydrogens (primary N) is 1. The number of hydrogen-bond acceptors (Lipinski definition) is 5. The lowest BCUT2D eigenvalue weighted by Crippen LogP contribution is -2.49. The van der Waals surface area contributed by atoms with Crippen LogP contribution in [-0.2, 0) is 17.5 Å². The third-order valence-electron chi connectivity index (χ3n) is 4.23. The molecule has 1 aromatic carbocycles. The van der Waals surface area contributed by atoms with Gasteiger partial charge in [-0.1, -0.05) is 0 Å². The minimum Gasteiger partial charge on any atom is -0.478 e. The van der Waals surface area contributed by atoms with E-state index in [0.29, 0.717) is 32.2 Å². The Bertz CT molecular complexity index is 752. The van der Waals surface area contributed by atoms with E-state index in [-0.39, 0.29) is 17.8 Å². The highest BCUT2D eigenvalue weighted by atomic mass is 19.4. The highest BCUT2D eigenvalue weighted by molar-refractivity contribution is 5.94. The minimum atomic E-state index is -4.70. The van der Waals surface area contributed by atoms with E-state index in [1.54, 1.807) is 25.7 Å². The number of hydrogen-bond donors (Lipinski definition) is 2. The van der Waals surface area contributed by atoms with Gasteiger partial charge in [0.25, 0.3) is 0 Å². The number of carbonyl (C=O) groups excluding carboxylic acids is 1. The number of carboxylic acids is 1. The van der Waals surface area contributed by atoms with Crippen LogP contribution in [0.2, 0.25) is 0 Å². The number of nitrogen functional groups attached to an aromatic ring is 1. The average Bonchev–Trinajstić information content (AvgIpc) is 2.52. The summed E-state index contributed by atoms with van der Waals surface area (Å²) in [5.74, 6) is -1.51. The van der Waals surface area contributed by atoms with Crippen molar-refractivity contribution in [3.63, 3.8) is 0 Å². The van der Waals surface area contributed by atoms with Gasteiger partial charge in [0, 0.05) is 38.4 Å². The predicted molar refractivity (Wildman–Crippen MR) is 95.9 cm³/mol. The standard InChI is InChI=1S/C18H24F3N3O4/c1-17(2,3)28-16(27)24-6-4-23(5-7-24)10-11-8-14(22)12(15(25)26)9-13(11)18(19,20)21/h8-9H,4-7,10,22H2,1-3H3,(H,25,26). The Hall–Kier alpha value is -2.49. The molecule has 1 aliphatic heterocycles. The Morgan fingerprint density at radius 1 is 1.14 bits per heavy atom. The monoisotopic (exact) mass is 403 g/mol. The van der Waals surface area contributed by atoms with Gasteiger partial charge < -0.3 is 20.5 Å². The Balaban J connectivity index is 2.12. The van der Waals surface area contributed by atoms with Gasteiger partial charge in [0.15, 0.2) is 0 Å². The molecule has 2 rings (SSSR count). The molecule has 156 valence electrons. The molecule has 10 heteroatoms. The number of alkyl halides is 3. The van der Waals surface area contributed by atoms with Gasteiger partial charge in [0.1, 0.15) is 5.60 Å². The van der Waals surface area contributed by atoms with Crippen molar-refractivity contribution in [2.75, 3.05) is 31.9 Å². The lowest BCUT2D eigenvalue weighted by atomic mass is 10.0. The van der Waals surface area contributed by atoms with E-state index < -0.39 is 35.0 Å². The number of halogens is 3. The Morgan fingerprint density at radius 3 is 2.18 bits per heavy atom. The molecule has 1 heterocycles. The molecule has 0 radical (unpaired) electrons. The summed E-state index contributed by atoms with van der Waals surface area (Å²) in [6.07, 6.45) is -5.16. The van der Waals surface area contributed by atoms with Gasteiger partial charge in [-0.15, -0.1) is 0 Å². The third kappa shape index (κ3) is 5.51. The summed E-state index contributed by atoms with van der Waals surface area (Å²) in [6, 6.07) is 1.64. The maximum absolute atomic E-state index is 13.4. The van der Waals surface area contributed by atoms with Crippen LogP contribution in [0.4, 0.5) is 23.7 Å². The molecule has 1 aromatic rings. The normalized spacial score (nSPS) is 16.1. The highest BCUT2D eigenvalue weighted by Crippen LogP contribution is 2.35. The topological polar surface area (TPSA) is 96.1 Å². The molecular formula is C18H24F3N3O4. The van der Waals surface area contributed by atoms with Crippen molar-refractivity contribution in [1.29, 1.82) is 0 Å². The van der Waals surface area contributed by atoms with Crippen molar-refractivity contribution in [2.24, 2.45) is 0 Å². The molecule has 1 amide bonds. The second-order valence-electron chi connectivity index (χ2n) is 7.64. The van der Waals surface area contributed by atoms with Crippen LogP contribution in [0.15, 0.2) is 12.1 Å². The van der Waals surface area contributed by atoms with Gasteiger partial charge in [-0.3, -0.25) is 4.90 Å². The fourth-order valence-electron chi connectivity index (χ4n) is 2.90. The zero-order chi connectivity index (χ0) is 21.3. The number of carboxylic acid groups (broad SMARTS) is 1.